The van der Waals surface area contributed by atoms with Gasteiger partial charge in [-0.25, -0.2) is 8.42 Å². The van der Waals surface area contributed by atoms with Crippen molar-refractivity contribution in [3.8, 4) is 0 Å². The molecule has 0 N–H and O–H groups in total. The number of fused-ring (bicyclic) bond motifs is 1. The van der Waals surface area contributed by atoms with E-state index in [2.05, 4.69) is 0 Å². The number of likely N-dealkylation sites (N-methyl/N-ethyl adjacent to an activating group) is 1. The summed E-state index contributed by atoms with van der Waals surface area (Å²) in [5.41, 5.74) is 0. The number of hydrogen-bond donors (Lipinski definition) is 0. The maximum absolute atomic E-state index is 13.6. The van der Waals surface area contributed by atoms with Gasteiger partial charge in [-0.1, -0.05) is 23.7 Å². The van der Waals surface area contributed by atoms with Gasteiger partial charge in [-0.2, -0.15) is 4.31 Å². The van der Waals surface area contributed by atoms with Crippen LogP contribution < -0.4 is 0 Å². The number of hydrogen-bond acceptors (Lipinski definition) is 5. The molecule has 0 bridgehead atoms. The van der Waals surface area contributed by atoms with Crippen LogP contribution in [0.4, 0.5) is 0 Å². The predicted molar refractivity (Wildman–Crippen MR) is 149 cm³/mol. The zero-order valence-corrected chi connectivity index (χ0v) is 24.0. The van der Waals surface area contributed by atoms with Crippen LogP contribution in [0.1, 0.15) is 45.4 Å². The standard InChI is InChI=1S/C28H35ClN4O5S/c1-19(26(34)33-15-4-3-7-25(33)27(35)31-13-5-6-14-31)32-16-12-24(28(32)36)30(2)39(37,38)23-11-9-20-17-22(29)10-8-21(20)18-23/h8-11,17-19,24-25H,3-7,12-16H2,1-2H3/t19-,24+,25?/m1/s1. The van der Waals surface area contributed by atoms with Gasteiger partial charge in [0.15, 0.2) is 0 Å². The molecule has 0 spiro atoms. The Hall–Kier alpha value is -2.69. The third-order valence-corrected chi connectivity index (χ3v) is 10.5. The van der Waals surface area contributed by atoms with Crippen LogP contribution >= 0.6 is 11.6 Å². The van der Waals surface area contributed by atoms with E-state index in [1.807, 2.05) is 4.90 Å². The molecule has 210 valence electrons. The summed E-state index contributed by atoms with van der Waals surface area (Å²) in [4.78, 5) is 45.3. The fraction of sp³-hybridized carbons (Fsp3) is 0.536. The second-order valence-corrected chi connectivity index (χ2v) is 13.2. The maximum Gasteiger partial charge on any atom is 0.245 e. The Balaban J connectivity index is 1.30. The summed E-state index contributed by atoms with van der Waals surface area (Å²) in [5, 5.41) is 2.11. The summed E-state index contributed by atoms with van der Waals surface area (Å²) >= 11 is 6.05. The van der Waals surface area contributed by atoms with Crippen LogP contribution in [0.15, 0.2) is 41.3 Å². The number of nitrogens with zero attached hydrogens (tertiary/aromatic N) is 4. The first-order valence-electron chi connectivity index (χ1n) is 13.7. The van der Waals surface area contributed by atoms with Crippen molar-refractivity contribution in [3.05, 3.63) is 41.4 Å². The molecular formula is C28H35ClN4O5S. The molecule has 3 aliphatic heterocycles. The van der Waals surface area contributed by atoms with Crippen molar-refractivity contribution in [1.29, 1.82) is 0 Å². The summed E-state index contributed by atoms with van der Waals surface area (Å²) in [5.74, 6) is -0.643. The molecule has 0 aromatic heterocycles. The van der Waals surface area contributed by atoms with Crippen LogP contribution in [0.3, 0.4) is 0 Å². The van der Waals surface area contributed by atoms with E-state index < -0.39 is 34.1 Å². The average molecular weight is 575 g/mol. The third kappa shape index (κ3) is 5.26. The number of halogens is 1. The van der Waals surface area contributed by atoms with Gasteiger partial charge < -0.3 is 14.7 Å². The largest absolute Gasteiger partial charge is 0.341 e. The van der Waals surface area contributed by atoms with Gasteiger partial charge in [-0.05, 0) is 80.5 Å². The lowest BCUT2D eigenvalue weighted by atomic mass is 9.99. The molecule has 3 heterocycles. The van der Waals surface area contributed by atoms with E-state index in [-0.39, 0.29) is 29.7 Å². The Morgan fingerprint density at radius 2 is 1.62 bits per heavy atom. The predicted octanol–water partition coefficient (Wildman–Crippen LogP) is 3.11. The molecule has 3 fully saturated rings. The first-order chi connectivity index (χ1) is 18.6. The number of piperidine rings is 1. The number of benzene rings is 2. The average Bonchev–Trinajstić information content (AvgIpc) is 3.61. The van der Waals surface area contributed by atoms with Crippen molar-refractivity contribution >= 4 is 50.1 Å². The maximum atomic E-state index is 13.6. The van der Waals surface area contributed by atoms with Crippen LogP contribution in [0.2, 0.25) is 5.02 Å². The van der Waals surface area contributed by atoms with E-state index in [1.54, 1.807) is 42.2 Å². The Morgan fingerprint density at radius 1 is 0.949 bits per heavy atom. The molecule has 3 amide bonds. The molecule has 0 saturated carbocycles. The molecule has 1 unspecified atom stereocenters. The van der Waals surface area contributed by atoms with Crippen molar-refractivity contribution in [1.82, 2.24) is 19.0 Å². The number of carbonyl (C=O) groups excluding carboxylic acids is 3. The summed E-state index contributed by atoms with van der Waals surface area (Å²) in [6.45, 7) is 3.89. The molecule has 3 atom stereocenters. The van der Waals surface area contributed by atoms with Crippen molar-refractivity contribution in [2.24, 2.45) is 0 Å². The molecule has 9 nitrogen and oxygen atoms in total. The molecule has 11 heteroatoms. The highest BCUT2D eigenvalue weighted by atomic mass is 35.5. The minimum atomic E-state index is -3.97. The van der Waals surface area contributed by atoms with Gasteiger partial charge in [0.2, 0.25) is 27.7 Å². The van der Waals surface area contributed by atoms with Gasteiger partial charge >= 0.3 is 0 Å². The number of likely N-dealkylation sites (tertiary alicyclic amines) is 3. The molecule has 2 aromatic carbocycles. The van der Waals surface area contributed by atoms with Crippen LogP contribution in [0.25, 0.3) is 10.8 Å². The Bertz CT molecular complexity index is 1390. The number of sulfonamides is 1. The molecule has 5 rings (SSSR count). The van der Waals surface area contributed by atoms with Crippen molar-refractivity contribution < 1.29 is 22.8 Å². The first-order valence-corrected chi connectivity index (χ1v) is 15.5. The quantitative estimate of drug-likeness (QED) is 0.528. The second kappa shape index (κ2) is 11.1. The van der Waals surface area contributed by atoms with Crippen LogP contribution in [-0.2, 0) is 24.4 Å². The van der Waals surface area contributed by atoms with Gasteiger partial charge in [0, 0.05) is 38.2 Å². The monoisotopic (exact) mass is 574 g/mol. The van der Waals surface area contributed by atoms with Gasteiger partial charge in [0.05, 0.1) is 4.90 Å². The minimum absolute atomic E-state index is 0.00172. The minimum Gasteiger partial charge on any atom is -0.341 e. The summed E-state index contributed by atoms with van der Waals surface area (Å²) in [7, 11) is -2.56. The molecule has 0 radical (unpaired) electrons. The third-order valence-electron chi connectivity index (χ3n) is 8.41. The molecule has 3 aliphatic rings. The summed E-state index contributed by atoms with van der Waals surface area (Å²) < 4.78 is 28.1. The molecule has 39 heavy (non-hydrogen) atoms. The first kappa shape index (κ1) is 27.9. The van der Waals surface area contributed by atoms with Gasteiger partial charge in [0.25, 0.3) is 0 Å². The van der Waals surface area contributed by atoms with Gasteiger partial charge in [0.1, 0.15) is 18.1 Å². The molecular weight excluding hydrogens is 540 g/mol. The fourth-order valence-corrected chi connectivity index (χ4v) is 7.63. The van der Waals surface area contributed by atoms with Crippen molar-refractivity contribution in [3.63, 3.8) is 0 Å². The molecule has 3 saturated heterocycles. The van der Waals surface area contributed by atoms with E-state index in [0.717, 1.165) is 53.9 Å². The lowest BCUT2D eigenvalue weighted by Gasteiger charge is -2.39. The summed E-state index contributed by atoms with van der Waals surface area (Å²) in [6.07, 6.45) is 4.58. The van der Waals surface area contributed by atoms with Crippen molar-refractivity contribution in [2.75, 3.05) is 33.2 Å². The SMILES string of the molecule is C[C@H](C(=O)N1CCCCC1C(=O)N1CCCC1)N1CC[C@H](N(C)S(=O)(=O)c2ccc3cc(Cl)ccc3c2)C1=O. The van der Waals surface area contributed by atoms with E-state index in [1.165, 1.54) is 18.0 Å². The molecule has 2 aromatic rings. The highest BCUT2D eigenvalue weighted by Gasteiger charge is 2.45. The van der Waals surface area contributed by atoms with Gasteiger partial charge in [-0.3, -0.25) is 14.4 Å². The fourth-order valence-electron chi connectivity index (χ4n) is 6.07. The van der Waals surface area contributed by atoms with E-state index >= 15 is 0 Å². The highest BCUT2D eigenvalue weighted by molar-refractivity contribution is 7.89. The van der Waals surface area contributed by atoms with E-state index in [0.29, 0.717) is 18.0 Å². The van der Waals surface area contributed by atoms with Crippen LogP contribution in [-0.4, -0.2) is 96.5 Å². The van der Waals surface area contributed by atoms with Crippen LogP contribution in [0, 0.1) is 0 Å². The zero-order valence-electron chi connectivity index (χ0n) is 22.4. The Morgan fingerprint density at radius 3 is 2.36 bits per heavy atom. The Labute approximate surface area is 234 Å². The highest BCUT2D eigenvalue weighted by Crippen LogP contribution is 2.29. The van der Waals surface area contributed by atoms with E-state index in [4.69, 9.17) is 11.6 Å². The smallest absolute Gasteiger partial charge is 0.245 e. The Kier molecular flexibility index (Phi) is 7.90. The topological polar surface area (TPSA) is 98.3 Å². The number of rotatable bonds is 6. The normalized spacial score (nSPS) is 23.2. The zero-order chi connectivity index (χ0) is 27.9. The lowest BCUT2D eigenvalue weighted by Crippen LogP contribution is -2.57. The lowest BCUT2D eigenvalue weighted by molar-refractivity contribution is -0.152. The number of amides is 3. The number of carbonyl (C=O) groups is 3. The molecule has 0 aliphatic carbocycles. The van der Waals surface area contributed by atoms with Crippen molar-refractivity contribution in [2.45, 2.75) is 68.5 Å². The second-order valence-electron chi connectivity index (χ2n) is 10.8. The summed E-state index contributed by atoms with van der Waals surface area (Å²) in [6, 6.07) is 7.83. The van der Waals surface area contributed by atoms with Crippen LogP contribution in [0.5, 0.6) is 0 Å². The van der Waals surface area contributed by atoms with E-state index in [9.17, 15) is 22.8 Å². The van der Waals surface area contributed by atoms with Gasteiger partial charge in [-0.15, -0.1) is 0 Å².